The van der Waals surface area contributed by atoms with E-state index in [2.05, 4.69) is 5.32 Å². The molecule has 1 saturated heterocycles. The minimum atomic E-state index is -4.60. The van der Waals surface area contributed by atoms with E-state index in [4.69, 9.17) is 0 Å². The monoisotopic (exact) mass is 535 g/mol. The normalized spacial score (nSPS) is 24.7. The second-order valence-electron chi connectivity index (χ2n) is 11.4. The summed E-state index contributed by atoms with van der Waals surface area (Å²) < 4.78 is 73.3. The first kappa shape index (κ1) is 27.1. The maximum atomic E-state index is 16.4. The molecule has 1 aliphatic carbocycles. The van der Waals surface area contributed by atoms with Gasteiger partial charge < -0.3 is 10.2 Å². The van der Waals surface area contributed by atoms with Crippen molar-refractivity contribution in [3.63, 3.8) is 0 Å². The van der Waals surface area contributed by atoms with Crippen molar-refractivity contribution < 1.29 is 26.7 Å². The smallest absolute Gasteiger partial charge is 0.304 e. The third kappa shape index (κ3) is 4.83. The van der Waals surface area contributed by atoms with Gasteiger partial charge in [-0.15, -0.1) is 0 Å². The van der Waals surface area contributed by atoms with E-state index in [1.54, 1.807) is 13.1 Å². The van der Waals surface area contributed by atoms with E-state index in [1.807, 2.05) is 4.90 Å². The molecular formula is C29H34F5N3O. The fourth-order valence-electron chi connectivity index (χ4n) is 6.60. The molecule has 2 heterocycles. The van der Waals surface area contributed by atoms with E-state index >= 15 is 8.78 Å². The molecule has 1 saturated carbocycles. The fraction of sp³-hybridized carbons (Fsp3) is 0.552. The highest BCUT2D eigenvalue weighted by atomic mass is 19.4. The molecule has 1 spiro atoms. The summed E-state index contributed by atoms with van der Waals surface area (Å²) in [6.07, 6.45) is -0.559. The van der Waals surface area contributed by atoms with E-state index in [0.717, 1.165) is 38.3 Å². The zero-order valence-electron chi connectivity index (χ0n) is 21.8. The summed E-state index contributed by atoms with van der Waals surface area (Å²) in [6, 6.07) is 8.84. The maximum Gasteiger partial charge on any atom is 0.416 e. The SMILES string of the molecule is CN1CNCC2(CCCCC2)CC1[C@@H](F)[C@](C)(F)c1cccc(N2Cc3c(cccc3C(F)(F)F)C2=O)c1. The number of fused-ring (bicyclic) bond motifs is 1. The highest BCUT2D eigenvalue weighted by Crippen LogP contribution is 2.46. The Morgan fingerprint density at radius 2 is 1.76 bits per heavy atom. The predicted molar refractivity (Wildman–Crippen MR) is 136 cm³/mol. The van der Waals surface area contributed by atoms with Crippen molar-refractivity contribution >= 4 is 11.6 Å². The number of alkyl halides is 5. The summed E-state index contributed by atoms with van der Waals surface area (Å²) in [5, 5.41) is 3.42. The zero-order chi connectivity index (χ0) is 27.3. The maximum absolute atomic E-state index is 16.4. The molecule has 2 aromatic carbocycles. The molecule has 1 unspecified atom stereocenters. The van der Waals surface area contributed by atoms with Crippen LogP contribution < -0.4 is 10.2 Å². The van der Waals surface area contributed by atoms with E-state index in [9.17, 15) is 18.0 Å². The molecule has 38 heavy (non-hydrogen) atoms. The molecule has 2 aliphatic heterocycles. The van der Waals surface area contributed by atoms with E-state index in [0.29, 0.717) is 13.1 Å². The molecule has 2 fully saturated rings. The molecule has 0 aromatic heterocycles. The highest BCUT2D eigenvalue weighted by Gasteiger charge is 2.48. The van der Waals surface area contributed by atoms with Gasteiger partial charge in [0.25, 0.3) is 5.91 Å². The van der Waals surface area contributed by atoms with Gasteiger partial charge >= 0.3 is 6.18 Å². The van der Waals surface area contributed by atoms with Gasteiger partial charge in [-0.05, 0) is 74.0 Å². The van der Waals surface area contributed by atoms with Crippen molar-refractivity contribution in [2.75, 3.05) is 25.2 Å². The lowest BCUT2D eigenvalue weighted by molar-refractivity contribution is -0.138. The van der Waals surface area contributed by atoms with Crippen molar-refractivity contribution in [1.29, 1.82) is 0 Å². The minimum absolute atomic E-state index is 0.0260. The van der Waals surface area contributed by atoms with Crippen molar-refractivity contribution in [2.45, 2.75) is 76.1 Å². The number of nitrogens with zero attached hydrogens (tertiary/aromatic N) is 2. The first-order valence-corrected chi connectivity index (χ1v) is 13.3. The van der Waals surface area contributed by atoms with Gasteiger partial charge in [-0.3, -0.25) is 9.69 Å². The number of nitrogens with one attached hydrogen (secondary N) is 1. The Bertz CT molecular complexity index is 1190. The van der Waals surface area contributed by atoms with Crippen LogP contribution in [-0.4, -0.2) is 43.3 Å². The zero-order valence-corrected chi connectivity index (χ0v) is 21.8. The van der Waals surface area contributed by atoms with Gasteiger partial charge in [0.15, 0.2) is 11.8 Å². The van der Waals surface area contributed by atoms with Crippen LogP contribution in [0.3, 0.4) is 0 Å². The standard InChI is InChI=1S/C29H34F5N3O/c1-27(31,25(30)24-15-28(12-4-3-5-13-28)17-35-18-36(24)2)19-8-6-9-20(14-19)37-16-22-21(26(37)38)10-7-11-23(22)29(32,33)34/h6-11,14,24-25,35H,3-5,12-13,15-18H2,1-2H3/t24?,25-,27-/m1/s1. The number of benzene rings is 2. The first-order chi connectivity index (χ1) is 17.9. The second-order valence-corrected chi connectivity index (χ2v) is 11.4. The van der Waals surface area contributed by atoms with E-state index in [1.165, 1.54) is 48.6 Å². The molecule has 3 aliphatic rings. The van der Waals surface area contributed by atoms with Crippen LogP contribution in [0.2, 0.25) is 0 Å². The molecule has 9 heteroatoms. The molecule has 5 rings (SSSR count). The molecule has 1 amide bonds. The number of halogens is 5. The lowest BCUT2D eigenvalue weighted by Crippen LogP contribution is -2.49. The Hall–Kier alpha value is -2.52. The molecule has 0 radical (unpaired) electrons. The van der Waals surface area contributed by atoms with Gasteiger partial charge in [-0.2, -0.15) is 13.2 Å². The lowest BCUT2D eigenvalue weighted by Gasteiger charge is -2.42. The number of amides is 1. The van der Waals surface area contributed by atoms with Crippen LogP contribution in [0.5, 0.6) is 0 Å². The third-order valence-electron chi connectivity index (χ3n) is 8.83. The van der Waals surface area contributed by atoms with E-state index < -0.39 is 35.5 Å². The Kier molecular flexibility index (Phi) is 7.05. The van der Waals surface area contributed by atoms with Crippen LogP contribution in [0.25, 0.3) is 0 Å². The van der Waals surface area contributed by atoms with Crippen LogP contribution in [0.1, 0.15) is 72.5 Å². The number of carbonyl (C=O) groups excluding carboxylic acids is 1. The van der Waals surface area contributed by atoms with Crippen molar-refractivity contribution in [2.24, 2.45) is 5.41 Å². The largest absolute Gasteiger partial charge is 0.416 e. The van der Waals surface area contributed by atoms with Crippen LogP contribution in [0, 0.1) is 5.41 Å². The highest BCUT2D eigenvalue weighted by molar-refractivity contribution is 6.10. The molecular weight excluding hydrogens is 501 g/mol. The van der Waals surface area contributed by atoms with Crippen LogP contribution in [0.15, 0.2) is 42.5 Å². The summed E-state index contributed by atoms with van der Waals surface area (Å²) in [5.41, 5.74) is -3.11. The molecule has 206 valence electrons. The number of carbonyl (C=O) groups is 1. The summed E-state index contributed by atoms with van der Waals surface area (Å²) in [4.78, 5) is 16.1. The number of anilines is 1. The van der Waals surface area contributed by atoms with Crippen LogP contribution in [-0.2, 0) is 18.4 Å². The van der Waals surface area contributed by atoms with Crippen LogP contribution >= 0.6 is 0 Å². The number of hydrogen-bond acceptors (Lipinski definition) is 3. The van der Waals surface area contributed by atoms with Gasteiger partial charge in [-0.25, -0.2) is 8.78 Å². The average molecular weight is 536 g/mol. The Balaban J connectivity index is 1.42. The van der Waals surface area contributed by atoms with Crippen molar-refractivity contribution in [3.8, 4) is 0 Å². The summed E-state index contributed by atoms with van der Waals surface area (Å²) in [7, 11) is 1.80. The molecule has 1 N–H and O–H groups in total. The van der Waals surface area contributed by atoms with Gasteiger partial charge in [0.1, 0.15) is 0 Å². The molecule has 3 atom stereocenters. The van der Waals surface area contributed by atoms with Gasteiger partial charge in [0.2, 0.25) is 0 Å². The van der Waals surface area contributed by atoms with Gasteiger partial charge in [0.05, 0.1) is 12.1 Å². The molecule has 4 nitrogen and oxygen atoms in total. The van der Waals surface area contributed by atoms with Crippen molar-refractivity contribution in [1.82, 2.24) is 10.2 Å². The number of rotatable bonds is 4. The van der Waals surface area contributed by atoms with E-state index in [-0.39, 0.29) is 34.3 Å². The third-order valence-corrected chi connectivity index (χ3v) is 8.83. The van der Waals surface area contributed by atoms with Gasteiger partial charge in [0, 0.05) is 30.5 Å². The summed E-state index contributed by atoms with van der Waals surface area (Å²) >= 11 is 0. The van der Waals surface area contributed by atoms with Gasteiger partial charge in [-0.1, -0.05) is 37.5 Å². The molecule has 0 bridgehead atoms. The van der Waals surface area contributed by atoms with Crippen molar-refractivity contribution in [3.05, 3.63) is 64.7 Å². The fourth-order valence-corrected chi connectivity index (χ4v) is 6.60. The quantitative estimate of drug-likeness (QED) is 0.449. The number of hydrogen-bond donors (Lipinski definition) is 1. The summed E-state index contributed by atoms with van der Waals surface area (Å²) in [5.74, 6) is -0.588. The Labute approximate surface area is 220 Å². The van der Waals surface area contributed by atoms with Crippen LogP contribution in [0.4, 0.5) is 27.6 Å². The minimum Gasteiger partial charge on any atom is -0.304 e. The molecule has 2 aromatic rings. The second kappa shape index (κ2) is 9.90. The first-order valence-electron chi connectivity index (χ1n) is 13.3. The summed E-state index contributed by atoms with van der Waals surface area (Å²) in [6.45, 7) is 2.19. The lowest BCUT2D eigenvalue weighted by atomic mass is 9.69. The predicted octanol–water partition coefficient (Wildman–Crippen LogP) is 6.59. The average Bonchev–Trinajstić information content (AvgIpc) is 3.14. The Morgan fingerprint density at radius 3 is 2.47 bits per heavy atom. The topological polar surface area (TPSA) is 35.6 Å². The Morgan fingerprint density at radius 1 is 1.05 bits per heavy atom.